The number of methoxy groups -OCH3 is 1. The number of amides is 2. The van der Waals surface area contributed by atoms with E-state index < -0.39 is 38.8 Å². The molecule has 0 aromatic heterocycles. The zero-order valence-corrected chi connectivity index (χ0v) is 16.1. The average Bonchev–Trinajstić information content (AvgIpc) is 2.73. The quantitative estimate of drug-likeness (QED) is 0.306. The fraction of sp³-hybridized carbons (Fsp3) is 0.167. The molecule has 31 heavy (non-hydrogen) atoms. The predicted molar refractivity (Wildman–Crippen MR) is 108 cm³/mol. The molecule has 2 rings (SSSR count). The number of nitro benzene ring substituents is 2. The lowest BCUT2D eigenvalue weighted by molar-refractivity contribution is -0.394. The molecule has 0 heterocycles. The standard InChI is InChI=1S/C18H17N5O8/c1-31-14-4-2-12(3-5-14)20-16(24)6-7-17(25)21-19-10-11-8-13(22(27)28)9-15(18(11)26)23(29)30/h2-5,8-10,26H,6-7H2,1H3,(H,20,24)(H,21,25). The second kappa shape index (κ2) is 10.3. The van der Waals surface area contributed by atoms with Gasteiger partial charge in [-0.05, 0) is 24.3 Å². The maximum atomic E-state index is 11.9. The number of hydrogen-bond donors (Lipinski definition) is 3. The van der Waals surface area contributed by atoms with Gasteiger partial charge in [-0.3, -0.25) is 29.8 Å². The Morgan fingerprint density at radius 3 is 2.32 bits per heavy atom. The predicted octanol–water partition coefficient (Wildman–Crippen LogP) is 2.09. The summed E-state index contributed by atoms with van der Waals surface area (Å²) in [4.78, 5) is 43.6. The number of rotatable bonds is 9. The summed E-state index contributed by atoms with van der Waals surface area (Å²) in [5, 5.41) is 37.7. The molecule has 0 fully saturated rings. The Hall–Kier alpha value is -4.55. The van der Waals surface area contributed by atoms with Gasteiger partial charge in [0.2, 0.25) is 17.6 Å². The van der Waals surface area contributed by atoms with Crippen molar-refractivity contribution in [1.29, 1.82) is 0 Å². The van der Waals surface area contributed by atoms with Crippen molar-refractivity contribution in [3.8, 4) is 11.5 Å². The number of carbonyl (C=O) groups excluding carboxylic acids is 2. The molecule has 0 aliphatic carbocycles. The Morgan fingerprint density at radius 2 is 1.74 bits per heavy atom. The summed E-state index contributed by atoms with van der Waals surface area (Å²) < 4.78 is 5.01. The largest absolute Gasteiger partial charge is 0.502 e. The molecule has 13 heteroatoms. The highest BCUT2D eigenvalue weighted by molar-refractivity contribution is 5.93. The van der Waals surface area contributed by atoms with Crippen molar-refractivity contribution in [2.75, 3.05) is 12.4 Å². The van der Waals surface area contributed by atoms with Crippen LogP contribution in [0.25, 0.3) is 0 Å². The van der Waals surface area contributed by atoms with E-state index in [-0.39, 0.29) is 18.4 Å². The molecule has 13 nitrogen and oxygen atoms in total. The summed E-state index contributed by atoms with van der Waals surface area (Å²) in [5.41, 5.74) is 0.749. The monoisotopic (exact) mass is 431 g/mol. The number of anilines is 1. The molecule has 0 aliphatic heterocycles. The fourth-order valence-electron chi connectivity index (χ4n) is 2.32. The number of carbonyl (C=O) groups is 2. The topological polar surface area (TPSA) is 186 Å². The third-order valence-corrected chi connectivity index (χ3v) is 3.86. The number of benzene rings is 2. The van der Waals surface area contributed by atoms with Crippen LogP contribution in [-0.4, -0.2) is 40.1 Å². The van der Waals surface area contributed by atoms with E-state index in [1.165, 1.54) is 7.11 Å². The maximum absolute atomic E-state index is 11.9. The number of hydrazone groups is 1. The SMILES string of the molecule is COc1ccc(NC(=O)CCC(=O)NN=Cc2cc([N+](=O)[O-])cc([N+](=O)[O-])c2O)cc1. The first-order valence-corrected chi connectivity index (χ1v) is 8.63. The Labute approximate surface area is 174 Å². The van der Waals surface area contributed by atoms with Gasteiger partial charge >= 0.3 is 5.69 Å². The minimum absolute atomic E-state index is 0.152. The summed E-state index contributed by atoms with van der Waals surface area (Å²) >= 11 is 0. The molecule has 0 atom stereocenters. The molecule has 2 aromatic carbocycles. The van der Waals surface area contributed by atoms with Crippen LogP contribution >= 0.6 is 0 Å². The van der Waals surface area contributed by atoms with E-state index in [1.54, 1.807) is 24.3 Å². The van der Waals surface area contributed by atoms with E-state index in [0.717, 1.165) is 12.3 Å². The van der Waals surface area contributed by atoms with Crippen molar-refractivity contribution in [1.82, 2.24) is 5.43 Å². The second-order valence-electron chi connectivity index (χ2n) is 5.99. The molecule has 2 aromatic rings. The van der Waals surface area contributed by atoms with Gasteiger partial charge in [0.05, 0.1) is 34.8 Å². The number of ether oxygens (including phenoxy) is 1. The van der Waals surface area contributed by atoms with Gasteiger partial charge in [-0.25, -0.2) is 5.43 Å². The van der Waals surface area contributed by atoms with Gasteiger partial charge in [0.25, 0.3) is 5.69 Å². The van der Waals surface area contributed by atoms with Crippen LogP contribution < -0.4 is 15.5 Å². The Kier molecular flexibility index (Phi) is 7.55. The molecule has 162 valence electrons. The van der Waals surface area contributed by atoms with E-state index >= 15 is 0 Å². The summed E-state index contributed by atoms with van der Waals surface area (Å²) in [5.74, 6) is -1.29. The lowest BCUT2D eigenvalue weighted by Crippen LogP contribution is -2.20. The first kappa shape index (κ1) is 22.7. The van der Waals surface area contributed by atoms with Gasteiger partial charge in [-0.15, -0.1) is 0 Å². The van der Waals surface area contributed by atoms with Crippen LogP contribution in [0.4, 0.5) is 17.1 Å². The van der Waals surface area contributed by atoms with Gasteiger partial charge in [-0.2, -0.15) is 5.10 Å². The van der Waals surface area contributed by atoms with Crippen LogP contribution in [0.2, 0.25) is 0 Å². The molecule has 0 bridgehead atoms. The number of phenolic OH excluding ortho intramolecular Hbond substituents is 1. The lowest BCUT2D eigenvalue weighted by Gasteiger charge is -2.06. The van der Waals surface area contributed by atoms with E-state index in [9.17, 15) is 34.9 Å². The van der Waals surface area contributed by atoms with Crippen LogP contribution in [0.1, 0.15) is 18.4 Å². The van der Waals surface area contributed by atoms with Gasteiger partial charge < -0.3 is 15.2 Å². The molecular weight excluding hydrogens is 414 g/mol. The van der Waals surface area contributed by atoms with Crippen molar-refractivity contribution in [3.63, 3.8) is 0 Å². The molecule has 0 radical (unpaired) electrons. The third kappa shape index (κ3) is 6.49. The number of nitrogens with one attached hydrogen (secondary N) is 2. The van der Waals surface area contributed by atoms with E-state index in [2.05, 4.69) is 15.8 Å². The number of non-ortho nitro benzene ring substituents is 1. The average molecular weight is 431 g/mol. The zero-order valence-electron chi connectivity index (χ0n) is 16.1. The molecule has 0 unspecified atom stereocenters. The highest BCUT2D eigenvalue weighted by Crippen LogP contribution is 2.33. The van der Waals surface area contributed by atoms with Gasteiger partial charge in [0.1, 0.15) is 5.75 Å². The van der Waals surface area contributed by atoms with Crippen LogP contribution in [0.3, 0.4) is 0 Å². The van der Waals surface area contributed by atoms with Crippen molar-refractivity contribution in [3.05, 3.63) is 62.2 Å². The van der Waals surface area contributed by atoms with Crippen molar-refractivity contribution in [2.24, 2.45) is 5.10 Å². The first-order chi connectivity index (χ1) is 14.7. The Morgan fingerprint density at radius 1 is 1.10 bits per heavy atom. The number of hydrogen-bond acceptors (Lipinski definition) is 9. The van der Waals surface area contributed by atoms with E-state index in [0.29, 0.717) is 17.5 Å². The maximum Gasteiger partial charge on any atom is 0.318 e. The van der Waals surface area contributed by atoms with E-state index in [1.807, 2.05) is 0 Å². The molecule has 0 spiro atoms. The summed E-state index contributed by atoms with van der Waals surface area (Å²) in [7, 11) is 1.51. The fourth-order valence-corrected chi connectivity index (χ4v) is 2.32. The summed E-state index contributed by atoms with van der Waals surface area (Å²) in [6.45, 7) is 0. The van der Waals surface area contributed by atoms with Crippen LogP contribution in [0.5, 0.6) is 11.5 Å². The van der Waals surface area contributed by atoms with Crippen molar-refractivity contribution >= 4 is 35.1 Å². The molecule has 0 saturated carbocycles. The van der Waals surface area contributed by atoms with Crippen molar-refractivity contribution in [2.45, 2.75) is 12.8 Å². The highest BCUT2D eigenvalue weighted by Gasteiger charge is 2.23. The first-order valence-electron chi connectivity index (χ1n) is 8.63. The zero-order chi connectivity index (χ0) is 23.0. The second-order valence-corrected chi connectivity index (χ2v) is 5.99. The molecule has 0 saturated heterocycles. The minimum atomic E-state index is -0.986. The molecule has 3 N–H and O–H groups in total. The Balaban J connectivity index is 1.92. The third-order valence-electron chi connectivity index (χ3n) is 3.86. The minimum Gasteiger partial charge on any atom is -0.502 e. The van der Waals surface area contributed by atoms with Crippen molar-refractivity contribution < 1.29 is 29.3 Å². The smallest absolute Gasteiger partial charge is 0.318 e. The highest BCUT2D eigenvalue weighted by atomic mass is 16.6. The molecular formula is C18H17N5O8. The molecule has 2 amide bonds. The lowest BCUT2D eigenvalue weighted by atomic mass is 10.1. The number of phenols is 1. The molecule has 0 aliphatic rings. The number of aromatic hydroxyl groups is 1. The number of nitrogens with zero attached hydrogens (tertiary/aromatic N) is 3. The number of nitro groups is 2. The van der Waals surface area contributed by atoms with Crippen LogP contribution in [0, 0.1) is 20.2 Å². The normalized spacial score (nSPS) is 10.5. The van der Waals surface area contributed by atoms with E-state index in [4.69, 9.17) is 4.74 Å². The summed E-state index contributed by atoms with van der Waals surface area (Å²) in [6, 6.07) is 8.04. The van der Waals surface area contributed by atoms with Gasteiger partial charge in [0.15, 0.2) is 0 Å². The van der Waals surface area contributed by atoms with Gasteiger partial charge in [0, 0.05) is 24.6 Å². The van der Waals surface area contributed by atoms with Gasteiger partial charge in [-0.1, -0.05) is 0 Å². The van der Waals surface area contributed by atoms with Crippen LogP contribution in [-0.2, 0) is 9.59 Å². The summed E-state index contributed by atoms with van der Waals surface area (Å²) in [6.07, 6.45) is 0.450. The van der Waals surface area contributed by atoms with Crippen LogP contribution in [0.15, 0.2) is 41.5 Å². The Bertz CT molecular complexity index is 1040.